The molecule has 0 bridgehead atoms. The first-order valence-electron chi connectivity index (χ1n) is 11.6. The standard InChI is InChI=1S/C28H28ClN3O/c29-21-13-16-24-25(17-21)32-28(33)26(24)27(20-7-3-1-4-8-20)31-23-14-11-19(12-15-23)18-30-22-9-5-2-6-10-22/h1,3-4,7-8,11-17,22,30,32-33H,2,5-6,9-10,18H2. The Morgan fingerprint density at radius 3 is 2.48 bits per heavy atom. The molecule has 0 unspecified atom stereocenters. The minimum Gasteiger partial charge on any atom is -0.494 e. The summed E-state index contributed by atoms with van der Waals surface area (Å²) in [6.07, 6.45) is 6.60. The number of hydrogen-bond acceptors (Lipinski definition) is 3. The number of aromatic hydroxyl groups is 1. The Labute approximate surface area is 199 Å². The Hall–Kier alpha value is -3.08. The number of nitrogens with one attached hydrogen (secondary N) is 2. The molecule has 1 aliphatic carbocycles. The van der Waals surface area contributed by atoms with Crippen molar-refractivity contribution in [3.05, 3.63) is 94.5 Å². The molecule has 1 fully saturated rings. The summed E-state index contributed by atoms with van der Waals surface area (Å²) in [5, 5.41) is 16.0. The highest BCUT2D eigenvalue weighted by Crippen LogP contribution is 2.33. The molecular formula is C28H28ClN3O. The number of aliphatic imine (C=N–C) groups is 1. The summed E-state index contributed by atoms with van der Waals surface area (Å²) in [6.45, 7) is 0.879. The summed E-state index contributed by atoms with van der Waals surface area (Å²) in [7, 11) is 0. The third-order valence-electron chi connectivity index (χ3n) is 6.40. The molecule has 0 amide bonds. The fraction of sp³-hybridized carbons (Fsp3) is 0.250. The van der Waals surface area contributed by atoms with Crippen molar-refractivity contribution in [3.8, 4) is 5.88 Å². The van der Waals surface area contributed by atoms with Crippen molar-refractivity contribution in [2.45, 2.75) is 44.7 Å². The molecule has 1 aromatic heterocycles. The Balaban J connectivity index is 1.47. The van der Waals surface area contributed by atoms with Crippen molar-refractivity contribution in [1.82, 2.24) is 10.3 Å². The van der Waals surface area contributed by atoms with Gasteiger partial charge in [-0.1, -0.05) is 79.4 Å². The maximum atomic E-state index is 10.8. The Morgan fingerprint density at radius 1 is 0.970 bits per heavy atom. The van der Waals surface area contributed by atoms with E-state index in [1.807, 2.05) is 60.7 Å². The molecule has 1 aliphatic rings. The van der Waals surface area contributed by atoms with Gasteiger partial charge in [0.25, 0.3) is 0 Å². The predicted octanol–water partition coefficient (Wildman–Crippen LogP) is 7.12. The van der Waals surface area contributed by atoms with E-state index in [0.717, 1.165) is 34.4 Å². The van der Waals surface area contributed by atoms with Gasteiger partial charge in [-0.3, -0.25) is 0 Å². The molecule has 3 aromatic carbocycles. The third-order valence-corrected chi connectivity index (χ3v) is 6.64. The number of fused-ring (bicyclic) bond motifs is 1. The highest BCUT2D eigenvalue weighted by atomic mass is 35.5. The zero-order valence-corrected chi connectivity index (χ0v) is 19.3. The lowest BCUT2D eigenvalue weighted by atomic mass is 9.95. The molecule has 1 saturated carbocycles. The van der Waals surface area contributed by atoms with E-state index in [1.54, 1.807) is 0 Å². The van der Waals surface area contributed by atoms with E-state index in [0.29, 0.717) is 16.6 Å². The second-order valence-corrected chi connectivity index (χ2v) is 9.18. The van der Waals surface area contributed by atoms with Crippen LogP contribution in [-0.2, 0) is 6.54 Å². The Bertz CT molecular complexity index is 1260. The second-order valence-electron chi connectivity index (χ2n) is 8.75. The number of hydrogen-bond donors (Lipinski definition) is 3. The van der Waals surface area contributed by atoms with Gasteiger partial charge < -0.3 is 15.4 Å². The first-order valence-corrected chi connectivity index (χ1v) is 12.0. The monoisotopic (exact) mass is 457 g/mol. The molecule has 1 heterocycles. The van der Waals surface area contributed by atoms with Gasteiger partial charge in [-0.05, 0) is 42.7 Å². The summed E-state index contributed by atoms with van der Waals surface area (Å²) in [4.78, 5) is 8.02. The predicted molar refractivity (Wildman–Crippen MR) is 137 cm³/mol. The van der Waals surface area contributed by atoms with Gasteiger partial charge >= 0.3 is 0 Å². The largest absolute Gasteiger partial charge is 0.494 e. The molecule has 5 rings (SSSR count). The lowest BCUT2D eigenvalue weighted by molar-refractivity contribution is 0.372. The lowest BCUT2D eigenvalue weighted by Crippen LogP contribution is -2.30. The minimum absolute atomic E-state index is 0.0863. The highest BCUT2D eigenvalue weighted by molar-refractivity contribution is 6.31. The summed E-state index contributed by atoms with van der Waals surface area (Å²) in [5.74, 6) is 0.0863. The molecule has 0 saturated heterocycles. The normalized spacial score (nSPS) is 15.2. The topological polar surface area (TPSA) is 60.4 Å². The van der Waals surface area contributed by atoms with Gasteiger partial charge in [0, 0.05) is 28.6 Å². The van der Waals surface area contributed by atoms with Crippen LogP contribution in [0.2, 0.25) is 5.02 Å². The number of H-pyrrole nitrogens is 1. The van der Waals surface area contributed by atoms with Crippen LogP contribution in [0.4, 0.5) is 5.69 Å². The lowest BCUT2D eigenvalue weighted by Gasteiger charge is -2.22. The molecule has 4 aromatic rings. The van der Waals surface area contributed by atoms with Crippen molar-refractivity contribution in [2.75, 3.05) is 0 Å². The molecule has 0 radical (unpaired) electrons. The van der Waals surface area contributed by atoms with Crippen LogP contribution >= 0.6 is 11.6 Å². The quantitative estimate of drug-likeness (QED) is 0.270. The van der Waals surface area contributed by atoms with E-state index in [9.17, 15) is 5.11 Å². The molecule has 33 heavy (non-hydrogen) atoms. The second kappa shape index (κ2) is 9.82. The number of aromatic amines is 1. The molecule has 5 heteroatoms. The molecule has 168 valence electrons. The van der Waals surface area contributed by atoms with Crippen LogP contribution in [0.15, 0.2) is 77.8 Å². The number of rotatable bonds is 6. The Morgan fingerprint density at radius 2 is 1.73 bits per heavy atom. The SMILES string of the molecule is Oc1[nH]c2cc(Cl)ccc2c1C(=Nc1ccc(CNC2CCCCC2)cc1)c1ccccc1. The van der Waals surface area contributed by atoms with Crippen LogP contribution in [0.25, 0.3) is 10.9 Å². The van der Waals surface area contributed by atoms with E-state index in [4.69, 9.17) is 16.6 Å². The smallest absolute Gasteiger partial charge is 0.199 e. The van der Waals surface area contributed by atoms with Crippen LogP contribution in [-0.4, -0.2) is 21.8 Å². The van der Waals surface area contributed by atoms with Crippen LogP contribution in [0.1, 0.15) is 48.8 Å². The fourth-order valence-corrected chi connectivity index (χ4v) is 4.81. The first kappa shape index (κ1) is 21.7. The molecule has 4 nitrogen and oxygen atoms in total. The summed E-state index contributed by atoms with van der Waals surface area (Å²) in [6, 6.07) is 24.5. The minimum atomic E-state index is 0.0863. The number of benzene rings is 3. The number of aromatic nitrogens is 1. The highest BCUT2D eigenvalue weighted by Gasteiger charge is 2.19. The van der Waals surface area contributed by atoms with Crippen LogP contribution in [0, 0.1) is 0 Å². The third kappa shape index (κ3) is 4.97. The fourth-order valence-electron chi connectivity index (χ4n) is 4.64. The average molecular weight is 458 g/mol. The van der Waals surface area contributed by atoms with E-state index in [1.165, 1.54) is 37.7 Å². The van der Waals surface area contributed by atoms with Gasteiger partial charge in [-0.25, -0.2) is 4.99 Å². The van der Waals surface area contributed by atoms with E-state index >= 15 is 0 Å². The summed E-state index contributed by atoms with van der Waals surface area (Å²) in [5.41, 5.74) is 5.21. The van der Waals surface area contributed by atoms with Gasteiger partial charge in [-0.2, -0.15) is 0 Å². The van der Waals surface area contributed by atoms with Crippen LogP contribution < -0.4 is 5.32 Å². The number of nitrogens with zero attached hydrogens (tertiary/aromatic N) is 1. The van der Waals surface area contributed by atoms with Crippen molar-refractivity contribution in [1.29, 1.82) is 0 Å². The van der Waals surface area contributed by atoms with Gasteiger partial charge in [0.2, 0.25) is 0 Å². The maximum absolute atomic E-state index is 10.8. The van der Waals surface area contributed by atoms with Crippen molar-refractivity contribution < 1.29 is 5.11 Å². The Kier molecular flexibility index (Phi) is 6.47. The molecule has 0 aliphatic heterocycles. The van der Waals surface area contributed by atoms with Gasteiger partial charge in [0.1, 0.15) is 0 Å². The molecular weight excluding hydrogens is 430 g/mol. The van der Waals surface area contributed by atoms with Gasteiger partial charge in [0.15, 0.2) is 5.88 Å². The first-order chi connectivity index (χ1) is 16.2. The van der Waals surface area contributed by atoms with E-state index in [-0.39, 0.29) is 5.88 Å². The van der Waals surface area contributed by atoms with E-state index in [2.05, 4.69) is 22.4 Å². The molecule has 0 spiro atoms. The molecule has 3 N–H and O–H groups in total. The maximum Gasteiger partial charge on any atom is 0.199 e. The molecule has 0 atom stereocenters. The van der Waals surface area contributed by atoms with Gasteiger partial charge in [0.05, 0.1) is 22.5 Å². The van der Waals surface area contributed by atoms with Crippen molar-refractivity contribution in [2.24, 2.45) is 4.99 Å². The van der Waals surface area contributed by atoms with Gasteiger partial charge in [-0.15, -0.1) is 0 Å². The number of halogens is 1. The zero-order valence-electron chi connectivity index (χ0n) is 18.5. The van der Waals surface area contributed by atoms with E-state index < -0.39 is 0 Å². The van der Waals surface area contributed by atoms with Crippen molar-refractivity contribution in [3.63, 3.8) is 0 Å². The van der Waals surface area contributed by atoms with Crippen LogP contribution in [0.5, 0.6) is 5.88 Å². The van der Waals surface area contributed by atoms with Crippen LogP contribution in [0.3, 0.4) is 0 Å². The van der Waals surface area contributed by atoms with Crippen molar-refractivity contribution >= 4 is 33.9 Å². The summed E-state index contributed by atoms with van der Waals surface area (Å²) < 4.78 is 0. The zero-order chi connectivity index (χ0) is 22.6. The average Bonchev–Trinajstić information content (AvgIpc) is 3.17. The summed E-state index contributed by atoms with van der Waals surface area (Å²) >= 11 is 6.16.